The highest BCUT2D eigenvalue weighted by molar-refractivity contribution is 7.10. The summed E-state index contributed by atoms with van der Waals surface area (Å²) in [5.41, 5.74) is 5.37. The topological polar surface area (TPSA) is 87.9 Å². The quantitative estimate of drug-likeness (QED) is 0.860. The van der Waals surface area contributed by atoms with E-state index in [4.69, 9.17) is 5.73 Å². The van der Waals surface area contributed by atoms with Crippen LogP contribution < -0.4 is 5.73 Å². The lowest BCUT2D eigenvalue weighted by atomic mass is 10.2. The van der Waals surface area contributed by atoms with Crippen LogP contribution in [-0.2, 0) is 0 Å². The van der Waals surface area contributed by atoms with Crippen molar-refractivity contribution in [3.63, 3.8) is 0 Å². The number of amides is 1. The molecule has 17 heavy (non-hydrogen) atoms. The molecule has 90 valence electrons. The largest absolute Gasteiger partial charge is 0.366 e. The molecular formula is C10H13N5OS. The van der Waals surface area contributed by atoms with Gasteiger partial charge in [0.1, 0.15) is 0 Å². The van der Waals surface area contributed by atoms with Gasteiger partial charge in [-0.05, 0) is 18.4 Å². The highest BCUT2D eigenvalue weighted by Crippen LogP contribution is 2.24. The molecule has 0 aliphatic heterocycles. The van der Waals surface area contributed by atoms with E-state index in [0.717, 1.165) is 4.88 Å². The summed E-state index contributed by atoms with van der Waals surface area (Å²) in [6.07, 6.45) is 0. The number of thiophene rings is 1. The minimum atomic E-state index is -0.227. The highest BCUT2D eigenvalue weighted by Gasteiger charge is 2.22. The number of H-pyrrole nitrogens is 1. The van der Waals surface area contributed by atoms with Crippen molar-refractivity contribution in [1.82, 2.24) is 20.1 Å². The van der Waals surface area contributed by atoms with Crippen LogP contribution in [0.25, 0.3) is 0 Å². The van der Waals surface area contributed by atoms with Crippen LogP contribution in [0.3, 0.4) is 0 Å². The summed E-state index contributed by atoms with van der Waals surface area (Å²) >= 11 is 1.61. The van der Waals surface area contributed by atoms with Crippen molar-refractivity contribution in [2.75, 3.05) is 12.8 Å². The van der Waals surface area contributed by atoms with Crippen molar-refractivity contribution < 1.29 is 4.79 Å². The van der Waals surface area contributed by atoms with Gasteiger partial charge in [-0.15, -0.1) is 16.4 Å². The number of carbonyl (C=O) groups excluding carboxylic acids is 1. The van der Waals surface area contributed by atoms with Gasteiger partial charge in [0, 0.05) is 11.9 Å². The number of nitrogens with two attached hydrogens (primary N) is 1. The smallest absolute Gasteiger partial charge is 0.291 e. The van der Waals surface area contributed by atoms with Crippen molar-refractivity contribution in [3.05, 3.63) is 28.2 Å². The summed E-state index contributed by atoms with van der Waals surface area (Å²) in [5.74, 6) is 0.00836. The minimum absolute atomic E-state index is 0.00572. The van der Waals surface area contributed by atoms with Gasteiger partial charge >= 0.3 is 0 Å². The highest BCUT2D eigenvalue weighted by atomic mass is 32.1. The van der Waals surface area contributed by atoms with Crippen LogP contribution in [0.15, 0.2) is 17.5 Å². The average molecular weight is 251 g/mol. The van der Waals surface area contributed by atoms with Gasteiger partial charge in [0.2, 0.25) is 11.8 Å². The lowest BCUT2D eigenvalue weighted by Gasteiger charge is -2.22. The summed E-state index contributed by atoms with van der Waals surface area (Å²) in [6, 6.07) is 3.95. The Hall–Kier alpha value is -1.89. The SMILES string of the molecule is C[C@H](c1cccs1)N(C)C(=O)c1nc(N)n[nH]1. The number of aromatic amines is 1. The number of rotatable bonds is 3. The van der Waals surface area contributed by atoms with Crippen molar-refractivity contribution in [1.29, 1.82) is 0 Å². The number of hydrogen-bond donors (Lipinski definition) is 2. The summed E-state index contributed by atoms with van der Waals surface area (Å²) in [6.45, 7) is 1.96. The van der Waals surface area contributed by atoms with E-state index < -0.39 is 0 Å². The van der Waals surface area contributed by atoms with Crippen molar-refractivity contribution >= 4 is 23.2 Å². The molecule has 3 N–H and O–H groups in total. The molecule has 0 unspecified atom stereocenters. The summed E-state index contributed by atoms with van der Waals surface area (Å²) in [4.78, 5) is 18.6. The number of aromatic nitrogens is 3. The Kier molecular flexibility index (Phi) is 3.10. The molecule has 7 heteroatoms. The van der Waals surface area contributed by atoms with E-state index in [-0.39, 0.29) is 23.7 Å². The Morgan fingerprint density at radius 2 is 2.41 bits per heavy atom. The zero-order valence-corrected chi connectivity index (χ0v) is 10.4. The second-order valence-electron chi connectivity index (χ2n) is 3.65. The van der Waals surface area contributed by atoms with E-state index in [9.17, 15) is 4.79 Å². The predicted molar refractivity (Wildman–Crippen MR) is 65.6 cm³/mol. The second kappa shape index (κ2) is 4.54. The van der Waals surface area contributed by atoms with Crippen LogP contribution in [0, 0.1) is 0 Å². The zero-order valence-electron chi connectivity index (χ0n) is 9.54. The van der Waals surface area contributed by atoms with Crippen LogP contribution in [0.5, 0.6) is 0 Å². The van der Waals surface area contributed by atoms with E-state index in [1.165, 1.54) is 0 Å². The normalized spacial score (nSPS) is 12.4. The Labute approximate surface area is 102 Å². The molecule has 2 heterocycles. The van der Waals surface area contributed by atoms with Crippen LogP contribution >= 0.6 is 11.3 Å². The molecule has 0 saturated carbocycles. The third-order valence-corrected chi connectivity index (χ3v) is 3.60. The number of anilines is 1. The first-order valence-electron chi connectivity index (χ1n) is 5.08. The Morgan fingerprint density at radius 1 is 1.65 bits per heavy atom. The van der Waals surface area contributed by atoms with E-state index in [1.807, 2.05) is 24.4 Å². The molecule has 0 fully saturated rings. The van der Waals surface area contributed by atoms with Gasteiger partial charge in [0.25, 0.3) is 5.91 Å². The van der Waals surface area contributed by atoms with Crippen molar-refractivity contribution in [2.45, 2.75) is 13.0 Å². The standard InChI is InChI=1S/C10H13N5OS/c1-6(7-4-3-5-17-7)15(2)9(16)8-12-10(11)14-13-8/h3-6H,1-2H3,(H3,11,12,13,14)/t6-/m1/s1. The van der Waals surface area contributed by atoms with Gasteiger partial charge < -0.3 is 10.6 Å². The third kappa shape index (κ3) is 2.28. The molecule has 1 amide bonds. The minimum Gasteiger partial charge on any atom is -0.366 e. The molecule has 0 aliphatic rings. The van der Waals surface area contributed by atoms with Crippen molar-refractivity contribution in [3.8, 4) is 0 Å². The number of nitrogens with one attached hydrogen (secondary N) is 1. The first-order valence-corrected chi connectivity index (χ1v) is 5.96. The van der Waals surface area contributed by atoms with Gasteiger partial charge in [-0.3, -0.25) is 9.89 Å². The molecule has 6 nitrogen and oxygen atoms in total. The van der Waals surface area contributed by atoms with Gasteiger partial charge in [-0.1, -0.05) is 6.07 Å². The first kappa shape index (κ1) is 11.6. The fourth-order valence-corrected chi connectivity index (χ4v) is 2.26. The van der Waals surface area contributed by atoms with Crippen LogP contribution in [0.2, 0.25) is 0 Å². The zero-order chi connectivity index (χ0) is 12.4. The molecule has 2 aromatic rings. The summed E-state index contributed by atoms with van der Waals surface area (Å²) in [7, 11) is 1.73. The van der Waals surface area contributed by atoms with Gasteiger partial charge in [0.05, 0.1) is 6.04 Å². The number of carbonyl (C=O) groups is 1. The van der Waals surface area contributed by atoms with E-state index in [2.05, 4.69) is 15.2 Å². The molecule has 0 saturated heterocycles. The van der Waals surface area contributed by atoms with Crippen LogP contribution in [0.4, 0.5) is 5.95 Å². The molecule has 1 atom stereocenters. The Balaban J connectivity index is 2.15. The fourth-order valence-electron chi connectivity index (χ4n) is 1.43. The first-order chi connectivity index (χ1) is 8.09. The van der Waals surface area contributed by atoms with E-state index in [0.29, 0.717) is 0 Å². The number of nitrogens with zero attached hydrogens (tertiary/aromatic N) is 3. The Morgan fingerprint density at radius 3 is 2.94 bits per heavy atom. The molecule has 0 bridgehead atoms. The number of nitrogen functional groups attached to an aromatic ring is 1. The lowest BCUT2D eigenvalue weighted by molar-refractivity contribution is 0.0733. The maximum absolute atomic E-state index is 12.0. The maximum Gasteiger partial charge on any atom is 0.291 e. The lowest BCUT2D eigenvalue weighted by Crippen LogP contribution is -2.30. The third-order valence-electron chi connectivity index (χ3n) is 2.56. The van der Waals surface area contributed by atoms with Gasteiger partial charge in [0.15, 0.2) is 0 Å². The molecule has 0 radical (unpaired) electrons. The Bertz CT molecular complexity index is 507. The predicted octanol–water partition coefficient (Wildman–Crippen LogP) is 1.28. The molecule has 2 aromatic heterocycles. The van der Waals surface area contributed by atoms with Gasteiger partial charge in [-0.2, -0.15) is 4.98 Å². The summed E-state index contributed by atoms with van der Waals surface area (Å²) < 4.78 is 0. The monoisotopic (exact) mass is 251 g/mol. The van der Waals surface area contributed by atoms with E-state index >= 15 is 0 Å². The van der Waals surface area contributed by atoms with E-state index in [1.54, 1.807) is 23.3 Å². The molecule has 0 aliphatic carbocycles. The molecular weight excluding hydrogens is 238 g/mol. The molecule has 2 rings (SSSR count). The molecule has 0 aromatic carbocycles. The average Bonchev–Trinajstić information content (AvgIpc) is 2.96. The fraction of sp³-hybridized carbons (Fsp3) is 0.300. The van der Waals surface area contributed by atoms with Crippen LogP contribution in [0.1, 0.15) is 28.5 Å². The van der Waals surface area contributed by atoms with Crippen LogP contribution in [-0.4, -0.2) is 33.0 Å². The maximum atomic E-state index is 12.0. The summed E-state index contributed by atoms with van der Waals surface area (Å²) in [5, 5.41) is 8.13. The number of hydrogen-bond acceptors (Lipinski definition) is 5. The van der Waals surface area contributed by atoms with Gasteiger partial charge in [-0.25, -0.2) is 0 Å². The van der Waals surface area contributed by atoms with Crippen molar-refractivity contribution in [2.24, 2.45) is 0 Å². The second-order valence-corrected chi connectivity index (χ2v) is 4.63. The molecule has 0 spiro atoms.